The number of hydrogen-bond donors (Lipinski definition) is 1. The zero-order valence-electron chi connectivity index (χ0n) is 13.5. The van der Waals surface area contributed by atoms with Gasteiger partial charge in [0, 0.05) is 17.8 Å². The summed E-state index contributed by atoms with van der Waals surface area (Å²) < 4.78 is 5.43. The van der Waals surface area contributed by atoms with Crippen molar-refractivity contribution >= 4 is 17.6 Å². The molecular weight excluding hydrogens is 280 g/mol. The smallest absolute Gasteiger partial charge is 0.410 e. The lowest BCUT2D eigenvalue weighted by molar-refractivity contribution is 0.0105. The van der Waals surface area contributed by atoms with Crippen molar-refractivity contribution in [3.63, 3.8) is 0 Å². The lowest BCUT2D eigenvalue weighted by Crippen LogP contribution is -2.49. The number of amides is 1. The van der Waals surface area contributed by atoms with Gasteiger partial charge in [-0.1, -0.05) is 0 Å². The van der Waals surface area contributed by atoms with Crippen molar-refractivity contribution in [1.29, 1.82) is 0 Å². The van der Waals surface area contributed by atoms with Crippen molar-refractivity contribution in [3.8, 4) is 0 Å². The molecule has 1 aromatic carbocycles. The summed E-state index contributed by atoms with van der Waals surface area (Å²) in [5, 5.41) is 0. The number of piperidine rings is 1. The van der Waals surface area contributed by atoms with E-state index in [1.165, 1.54) is 0 Å². The number of likely N-dealkylation sites (tertiary alicyclic amines) is 1. The summed E-state index contributed by atoms with van der Waals surface area (Å²) in [4.78, 5) is 26.6. The average molecular weight is 304 g/mol. The Kier molecular flexibility index (Phi) is 4.74. The van der Waals surface area contributed by atoms with E-state index in [1.54, 1.807) is 29.2 Å². The minimum Gasteiger partial charge on any atom is -0.444 e. The minimum absolute atomic E-state index is 0.0504. The van der Waals surface area contributed by atoms with Crippen molar-refractivity contribution in [2.75, 3.05) is 12.3 Å². The molecule has 0 bridgehead atoms. The number of nitrogens with two attached hydrogens (primary N) is 1. The van der Waals surface area contributed by atoms with Gasteiger partial charge < -0.3 is 10.5 Å². The van der Waals surface area contributed by atoms with Gasteiger partial charge in [-0.15, -0.1) is 0 Å². The quantitative estimate of drug-likeness (QED) is 0.672. The van der Waals surface area contributed by atoms with Crippen molar-refractivity contribution in [2.24, 2.45) is 0 Å². The summed E-state index contributed by atoms with van der Waals surface area (Å²) in [6, 6.07) is 6.37. The third kappa shape index (κ3) is 4.00. The molecule has 1 atom stereocenters. The highest BCUT2D eigenvalue weighted by atomic mass is 16.6. The van der Waals surface area contributed by atoms with Crippen molar-refractivity contribution in [3.05, 3.63) is 29.8 Å². The summed E-state index contributed by atoms with van der Waals surface area (Å²) >= 11 is 0. The molecule has 2 N–H and O–H groups in total. The first-order valence-corrected chi connectivity index (χ1v) is 7.67. The second kappa shape index (κ2) is 6.38. The first kappa shape index (κ1) is 16.3. The molecule has 0 spiro atoms. The zero-order chi connectivity index (χ0) is 16.3. The SMILES string of the molecule is CC(C)(C)OC(=O)N1CCCCC1C(=O)c1ccc(N)cc1. The second-order valence-electron chi connectivity index (χ2n) is 6.67. The molecule has 0 aliphatic carbocycles. The molecule has 5 heteroatoms. The predicted octanol–water partition coefficient (Wildman–Crippen LogP) is 3.24. The van der Waals surface area contributed by atoms with Crippen LogP contribution in [-0.4, -0.2) is 35.0 Å². The van der Waals surface area contributed by atoms with Gasteiger partial charge >= 0.3 is 6.09 Å². The molecular formula is C17H24N2O3. The Hall–Kier alpha value is -2.04. The third-order valence-electron chi connectivity index (χ3n) is 3.63. The Labute approximate surface area is 131 Å². The Bertz CT molecular complexity index is 546. The van der Waals surface area contributed by atoms with E-state index in [1.807, 2.05) is 20.8 Å². The molecule has 0 aromatic heterocycles. The van der Waals surface area contributed by atoms with E-state index in [9.17, 15) is 9.59 Å². The molecule has 120 valence electrons. The van der Waals surface area contributed by atoms with Gasteiger partial charge in [0.15, 0.2) is 5.78 Å². The van der Waals surface area contributed by atoms with Crippen LogP contribution in [-0.2, 0) is 4.74 Å². The first-order valence-electron chi connectivity index (χ1n) is 7.67. The van der Waals surface area contributed by atoms with Crippen LogP contribution in [0.3, 0.4) is 0 Å². The lowest BCUT2D eigenvalue weighted by Gasteiger charge is -2.35. The Morgan fingerprint density at radius 2 is 1.82 bits per heavy atom. The number of rotatable bonds is 2. The third-order valence-corrected chi connectivity index (χ3v) is 3.63. The van der Waals surface area contributed by atoms with E-state index in [2.05, 4.69) is 0 Å². The molecule has 1 aromatic rings. The summed E-state index contributed by atoms with van der Waals surface area (Å²) in [5.41, 5.74) is 6.28. The van der Waals surface area contributed by atoms with E-state index in [-0.39, 0.29) is 5.78 Å². The summed E-state index contributed by atoms with van der Waals surface area (Å²) in [6.07, 6.45) is 2.08. The van der Waals surface area contributed by atoms with Gasteiger partial charge in [-0.25, -0.2) is 4.79 Å². The number of anilines is 1. The van der Waals surface area contributed by atoms with Gasteiger partial charge in [-0.2, -0.15) is 0 Å². The maximum atomic E-state index is 12.7. The molecule has 5 nitrogen and oxygen atoms in total. The zero-order valence-corrected chi connectivity index (χ0v) is 13.5. The highest BCUT2D eigenvalue weighted by Gasteiger charge is 2.35. The Balaban J connectivity index is 2.17. The van der Waals surface area contributed by atoms with E-state index in [0.717, 1.165) is 12.8 Å². The predicted molar refractivity (Wildman–Crippen MR) is 85.8 cm³/mol. The van der Waals surface area contributed by atoms with E-state index >= 15 is 0 Å². The number of ether oxygens (including phenoxy) is 1. The number of hydrogen-bond acceptors (Lipinski definition) is 4. The lowest BCUT2D eigenvalue weighted by atomic mass is 9.94. The van der Waals surface area contributed by atoms with Crippen LogP contribution in [0.25, 0.3) is 0 Å². The van der Waals surface area contributed by atoms with Gasteiger partial charge in [-0.05, 0) is 64.3 Å². The number of carbonyl (C=O) groups is 2. The Morgan fingerprint density at radius 3 is 2.41 bits per heavy atom. The van der Waals surface area contributed by atoms with Crippen LogP contribution in [0.1, 0.15) is 50.4 Å². The van der Waals surface area contributed by atoms with Crippen LogP contribution < -0.4 is 5.73 Å². The monoisotopic (exact) mass is 304 g/mol. The fourth-order valence-corrected chi connectivity index (χ4v) is 2.58. The van der Waals surface area contributed by atoms with E-state index in [0.29, 0.717) is 24.2 Å². The maximum absolute atomic E-state index is 12.7. The molecule has 22 heavy (non-hydrogen) atoms. The van der Waals surface area contributed by atoms with Gasteiger partial charge in [0.05, 0.1) is 6.04 Å². The molecule has 1 fully saturated rings. The van der Waals surface area contributed by atoms with E-state index < -0.39 is 17.7 Å². The van der Waals surface area contributed by atoms with Crippen molar-refractivity contribution in [2.45, 2.75) is 51.7 Å². The van der Waals surface area contributed by atoms with Gasteiger partial charge in [0.25, 0.3) is 0 Å². The van der Waals surface area contributed by atoms with Crippen molar-refractivity contribution < 1.29 is 14.3 Å². The van der Waals surface area contributed by atoms with E-state index in [4.69, 9.17) is 10.5 Å². The number of benzene rings is 1. The first-order chi connectivity index (χ1) is 10.3. The summed E-state index contributed by atoms with van der Waals surface area (Å²) in [5.74, 6) is -0.0504. The number of carbonyl (C=O) groups excluding carboxylic acids is 2. The van der Waals surface area contributed by atoms with Crippen LogP contribution in [0.15, 0.2) is 24.3 Å². The fourth-order valence-electron chi connectivity index (χ4n) is 2.58. The van der Waals surface area contributed by atoms with Gasteiger partial charge in [0.2, 0.25) is 0 Å². The standard InChI is InChI=1S/C17H24N2O3/c1-17(2,3)22-16(21)19-11-5-4-6-14(19)15(20)12-7-9-13(18)10-8-12/h7-10,14H,4-6,11,18H2,1-3H3. The van der Waals surface area contributed by atoms with Crippen molar-refractivity contribution in [1.82, 2.24) is 4.90 Å². The average Bonchev–Trinajstić information content (AvgIpc) is 2.45. The normalized spacial score (nSPS) is 18.9. The molecule has 0 radical (unpaired) electrons. The highest BCUT2D eigenvalue weighted by molar-refractivity contribution is 6.01. The largest absolute Gasteiger partial charge is 0.444 e. The molecule has 1 amide bonds. The fraction of sp³-hybridized carbons (Fsp3) is 0.529. The molecule has 1 aliphatic heterocycles. The van der Waals surface area contributed by atoms with Crippen LogP contribution in [0, 0.1) is 0 Å². The molecule has 1 saturated heterocycles. The van der Waals surface area contributed by atoms with Crippen LogP contribution >= 0.6 is 0 Å². The second-order valence-corrected chi connectivity index (χ2v) is 6.67. The Morgan fingerprint density at radius 1 is 1.18 bits per heavy atom. The topological polar surface area (TPSA) is 72.6 Å². The number of nitrogen functional groups attached to an aromatic ring is 1. The number of Topliss-reactive ketones (excluding diaryl/α,β-unsaturated/α-hetero) is 1. The van der Waals surface area contributed by atoms with Crippen LogP contribution in [0.2, 0.25) is 0 Å². The number of ketones is 1. The summed E-state index contributed by atoms with van der Waals surface area (Å²) in [6.45, 7) is 6.03. The molecule has 1 aliphatic rings. The summed E-state index contributed by atoms with van der Waals surface area (Å²) in [7, 11) is 0. The van der Waals surface area contributed by atoms with Gasteiger partial charge in [-0.3, -0.25) is 9.69 Å². The minimum atomic E-state index is -0.566. The molecule has 1 heterocycles. The maximum Gasteiger partial charge on any atom is 0.410 e. The number of nitrogens with zero attached hydrogens (tertiary/aromatic N) is 1. The molecule has 2 rings (SSSR count). The van der Waals surface area contributed by atoms with Crippen LogP contribution in [0.5, 0.6) is 0 Å². The van der Waals surface area contributed by atoms with Gasteiger partial charge in [0.1, 0.15) is 5.60 Å². The molecule has 1 unspecified atom stereocenters. The van der Waals surface area contributed by atoms with Crippen LogP contribution in [0.4, 0.5) is 10.5 Å². The highest BCUT2D eigenvalue weighted by Crippen LogP contribution is 2.23. The molecule has 0 saturated carbocycles.